The Balaban J connectivity index is 0.00000229. The van der Waals surface area contributed by atoms with E-state index in [4.69, 9.17) is 30.4 Å². The topological polar surface area (TPSA) is 123 Å². The molecule has 2 aliphatic heterocycles. The predicted molar refractivity (Wildman–Crippen MR) is 207 cm³/mol. The summed E-state index contributed by atoms with van der Waals surface area (Å²) in [5.74, 6) is 1.59. The third-order valence-electron chi connectivity index (χ3n) is 11.8. The van der Waals surface area contributed by atoms with Gasteiger partial charge in [-0.2, -0.15) is 9.97 Å². The van der Waals surface area contributed by atoms with Crippen molar-refractivity contribution in [1.82, 2.24) is 19.9 Å². The number of nitrogens with zero attached hydrogens (tertiary/aromatic N) is 5. The summed E-state index contributed by atoms with van der Waals surface area (Å²) >= 11 is 0. The first-order valence-corrected chi connectivity index (χ1v) is 19.5. The first-order chi connectivity index (χ1) is 26.7. The number of ether oxygens (including phenoxy) is 4. The number of likely N-dealkylation sites (tertiary alicyclic amines) is 1. The molecule has 2 aliphatic carbocycles. The van der Waals surface area contributed by atoms with E-state index in [0.29, 0.717) is 43.2 Å². The Kier molecular flexibility index (Phi) is 11.6. The maximum atomic E-state index is 17.2. The van der Waals surface area contributed by atoms with Gasteiger partial charge in [0, 0.05) is 49.2 Å². The van der Waals surface area contributed by atoms with Gasteiger partial charge in [-0.05, 0) is 74.6 Å². The molecule has 13 heteroatoms. The van der Waals surface area contributed by atoms with Gasteiger partial charge >= 0.3 is 6.01 Å². The molecule has 0 spiro atoms. The Morgan fingerprint density at radius 3 is 2.62 bits per heavy atom. The number of aliphatic hydroxyl groups is 1. The van der Waals surface area contributed by atoms with Crippen molar-refractivity contribution < 1.29 is 37.9 Å². The summed E-state index contributed by atoms with van der Waals surface area (Å²) < 4.78 is 55.7. The van der Waals surface area contributed by atoms with Gasteiger partial charge < -0.3 is 34.1 Å². The molecule has 8 rings (SSSR count). The number of rotatable bonds is 9. The lowest BCUT2D eigenvalue weighted by Gasteiger charge is -2.48. The molecule has 2 N–H and O–H groups in total. The van der Waals surface area contributed by atoms with Crippen molar-refractivity contribution in [2.24, 2.45) is 11.3 Å². The second-order valence-corrected chi connectivity index (χ2v) is 15.0. The molecule has 4 aromatic rings. The molecule has 2 aromatic carbocycles. The van der Waals surface area contributed by atoms with Crippen molar-refractivity contribution in [3.63, 3.8) is 0 Å². The van der Waals surface area contributed by atoms with Gasteiger partial charge in [0.2, 0.25) is 5.88 Å². The minimum Gasteiger partial charge on any atom is -0.508 e. The summed E-state index contributed by atoms with van der Waals surface area (Å²) in [6.07, 6.45) is 12.8. The van der Waals surface area contributed by atoms with Crippen LogP contribution in [0.5, 0.6) is 17.6 Å². The van der Waals surface area contributed by atoms with E-state index in [9.17, 15) is 10.2 Å². The second-order valence-electron chi connectivity index (χ2n) is 15.0. The number of hydrogen-bond acceptors (Lipinski definition) is 11. The number of anilines is 1. The number of pyridine rings is 1. The molecule has 0 amide bonds. The summed E-state index contributed by atoms with van der Waals surface area (Å²) in [5, 5.41) is 22.2. The number of phenols is 1. The monoisotopic (exact) mass is 759 g/mol. The lowest BCUT2D eigenvalue weighted by Crippen LogP contribution is -2.54. The largest absolute Gasteiger partial charge is 0.508 e. The van der Waals surface area contributed by atoms with Crippen LogP contribution in [0.3, 0.4) is 0 Å². The number of fused-ring (bicyclic) bond motifs is 3. The van der Waals surface area contributed by atoms with Crippen molar-refractivity contribution in [3.8, 4) is 41.2 Å². The Bertz CT molecular complexity index is 2070. The highest BCUT2D eigenvalue weighted by atomic mass is 19.1. The summed E-state index contributed by atoms with van der Waals surface area (Å²) in [5.41, 5.74) is -0.485. The molecule has 2 saturated heterocycles. The molecule has 0 bridgehead atoms. The Hall–Kier alpha value is -4.35. The van der Waals surface area contributed by atoms with E-state index >= 15 is 8.78 Å². The van der Waals surface area contributed by atoms with Crippen LogP contribution >= 0.6 is 0 Å². The molecule has 2 saturated carbocycles. The van der Waals surface area contributed by atoms with Gasteiger partial charge in [-0.15, -0.1) is 6.42 Å². The Morgan fingerprint density at radius 2 is 1.85 bits per heavy atom. The number of methoxy groups -OCH3 is 2. The van der Waals surface area contributed by atoms with Crippen LogP contribution in [0.2, 0.25) is 0 Å². The molecule has 4 fully saturated rings. The van der Waals surface area contributed by atoms with Crippen molar-refractivity contribution in [3.05, 3.63) is 41.5 Å². The average molecular weight is 760 g/mol. The van der Waals surface area contributed by atoms with Crippen LogP contribution in [-0.2, 0) is 9.47 Å². The van der Waals surface area contributed by atoms with Crippen LogP contribution in [0.25, 0.3) is 32.9 Å². The number of benzene rings is 2. The standard InChI is InChI=1S/C40H45F2N5O6.C2H6/c1-4-28-30(41)9-8-24-17-25(48)18-29(32(24)28)35-34(42)36-33(38(43-35)51-3)37(47-13-14-52-21-26(49)20-47)45-39(44-36)53-22-40-10-5-7-31(40)46(12-6-11-40)19-23-15-27(16-23)50-2;1-2/h1,8-9,17-18,23,26-27,31,48-49H,5-7,10-16,19-22H2,2-3H3;1-2H3. The van der Waals surface area contributed by atoms with E-state index in [1.54, 1.807) is 12.0 Å². The quantitative estimate of drug-likeness (QED) is 0.183. The highest BCUT2D eigenvalue weighted by molar-refractivity contribution is 6.04. The summed E-state index contributed by atoms with van der Waals surface area (Å²) in [4.78, 5) is 18.6. The third kappa shape index (κ3) is 7.37. The third-order valence-corrected chi connectivity index (χ3v) is 11.8. The van der Waals surface area contributed by atoms with E-state index in [0.717, 1.165) is 58.0 Å². The minimum absolute atomic E-state index is 0.00293. The van der Waals surface area contributed by atoms with Gasteiger partial charge in [0.05, 0.1) is 44.7 Å². The molecule has 294 valence electrons. The van der Waals surface area contributed by atoms with E-state index in [1.165, 1.54) is 31.4 Å². The molecule has 4 aliphatic rings. The van der Waals surface area contributed by atoms with Gasteiger partial charge in [-0.3, -0.25) is 4.90 Å². The minimum atomic E-state index is -0.851. The Labute approximate surface area is 321 Å². The normalized spacial score (nSPS) is 25.4. The van der Waals surface area contributed by atoms with Gasteiger partial charge in [-0.1, -0.05) is 32.3 Å². The number of hydrogen-bond donors (Lipinski definition) is 2. The fourth-order valence-electron chi connectivity index (χ4n) is 9.25. The molecule has 11 nitrogen and oxygen atoms in total. The lowest BCUT2D eigenvalue weighted by molar-refractivity contribution is -0.0457. The number of aromatic nitrogens is 3. The maximum absolute atomic E-state index is 17.2. The number of β-amino-alcohol motifs (C(OH)–C–C–N with tert-alkyl or cyclic N) is 1. The van der Waals surface area contributed by atoms with Gasteiger partial charge in [0.1, 0.15) is 34.0 Å². The molecule has 2 aromatic heterocycles. The fourth-order valence-corrected chi connectivity index (χ4v) is 9.25. The first-order valence-electron chi connectivity index (χ1n) is 19.5. The van der Waals surface area contributed by atoms with Crippen molar-refractivity contribution >= 4 is 27.5 Å². The van der Waals surface area contributed by atoms with Crippen molar-refractivity contribution in [2.45, 2.75) is 77.0 Å². The maximum Gasteiger partial charge on any atom is 0.319 e. The SMILES string of the molecule is C#Cc1c(F)ccc2cc(O)cc(-c3nc(OC)c4c(N5CCOCC(O)C5)nc(OCC56CCCC5N(CC5CC(OC)C5)CCC6)nc4c3F)c12.CC. The zero-order valence-corrected chi connectivity index (χ0v) is 32.1. The van der Waals surface area contributed by atoms with Crippen LogP contribution in [-0.4, -0.2) is 109 Å². The van der Waals surface area contributed by atoms with Crippen LogP contribution in [0.4, 0.5) is 14.6 Å². The number of aromatic hydroxyl groups is 1. The highest BCUT2D eigenvalue weighted by Gasteiger charge is 2.49. The molecule has 0 radical (unpaired) electrons. The van der Waals surface area contributed by atoms with Crippen LogP contribution < -0.4 is 14.4 Å². The summed E-state index contributed by atoms with van der Waals surface area (Å²) in [6.45, 7) is 7.44. The smallest absolute Gasteiger partial charge is 0.319 e. The Morgan fingerprint density at radius 1 is 1.05 bits per heavy atom. The van der Waals surface area contributed by atoms with Crippen molar-refractivity contribution in [1.29, 1.82) is 0 Å². The van der Waals surface area contributed by atoms with E-state index < -0.39 is 17.7 Å². The highest BCUT2D eigenvalue weighted by Crippen LogP contribution is 2.49. The number of terminal acetylenes is 1. The van der Waals surface area contributed by atoms with Crippen LogP contribution in [0.15, 0.2) is 24.3 Å². The van der Waals surface area contributed by atoms with Gasteiger partial charge in [-0.25, -0.2) is 13.8 Å². The molecular formula is C42H51F2N5O6. The number of aliphatic hydroxyl groups excluding tert-OH is 1. The second kappa shape index (κ2) is 16.4. The molecule has 55 heavy (non-hydrogen) atoms. The van der Waals surface area contributed by atoms with E-state index in [-0.39, 0.29) is 75.1 Å². The molecule has 3 unspecified atom stereocenters. The summed E-state index contributed by atoms with van der Waals surface area (Å²) in [7, 11) is 3.19. The molecule has 3 atom stereocenters. The molecule has 4 heterocycles. The first kappa shape index (κ1) is 38.9. The van der Waals surface area contributed by atoms with E-state index in [1.807, 2.05) is 13.8 Å². The lowest BCUT2D eigenvalue weighted by atomic mass is 9.74. The number of phenolic OH excluding ortho intramolecular Hbond substituents is 1. The summed E-state index contributed by atoms with van der Waals surface area (Å²) in [6, 6.07) is 5.76. The molecular weight excluding hydrogens is 708 g/mol. The number of piperidine rings is 1. The zero-order chi connectivity index (χ0) is 38.9. The fraction of sp³-hybridized carbons (Fsp3) is 0.548. The van der Waals surface area contributed by atoms with Crippen LogP contribution in [0.1, 0.15) is 64.4 Å². The van der Waals surface area contributed by atoms with E-state index in [2.05, 4.69) is 20.8 Å². The van der Waals surface area contributed by atoms with Crippen LogP contribution in [0, 0.1) is 35.3 Å². The van der Waals surface area contributed by atoms with Gasteiger partial charge in [0.25, 0.3) is 0 Å². The predicted octanol–water partition coefficient (Wildman–Crippen LogP) is 6.48. The van der Waals surface area contributed by atoms with Crippen molar-refractivity contribution in [2.75, 3.05) is 65.1 Å². The van der Waals surface area contributed by atoms with Gasteiger partial charge in [0.15, 0.2) is 5.82 Å². The zero-order valence-electron chi connectivity index (χ0n) is 32.1. The number of halogens is 2. The average Bonchev–Trinajstić information content (AvgIpc) is 3.50.